The zero-order valence-electron chi connectivity index (χ0n) is 8.59. The first-order valence-corrected chi connectivity index (χ1v) is 6.08. The van der Waals surface area contributed by atoms with Gasteiger partial charge in [0.2, 0.25) is 0 Å². The van der Waals surface area contributed by atoms with Gasteiger partial charge in [-0.2, -0.15) is 5.26 Å². The summed E-state index contributed by atoms with van der Waals surface area (Å²) in [6, 6.07) is 5.37. The first-order chi connectivity index (χ1) is 7.60. The van der Waals surface area contributed by atoms with Gasteiger partial charge >= 0.3 is 5.97 Å². The van der Waals surface area contributed by atoms with E-state index in [0.717, 1.165) is 0 Å². The molecule has 0 aromatic heterocycles. The highest BCUT2D eigenvalue weighted by Crippen LogP contribution is 2.26. The van der Waals surface area contributed by atoms with Gasteiger partial charge in [0.05, 0.1) is 23.6 Å². The molecule has 0 N–H and O–H groups in total. The van der Waals surface area contributed by atoms with Gasteiger partial charge < -0.3 is 4.74 Å². The van der Waals surface area contributed by atoms with Crippen molar-refractivity contribution in [2.45, 2.75) is 13.3 Å². The van der Waals surface area contributed by atoms with Gasteiger partial charge in [0.1, 0.15) is 6.07 Å². The third kappa shape index (κ3) is 3.09. The molecule has 0 amide bonds. The molecule has 0 fully saturated rings. The van der Waals surface area contributed by atoms with Crippen LogP contribution in [0.15, 0.2) is 12.1 Å². The molecule has 0 aliphatic carbocycles. The van der Waals surface area contributed by atoms with Crippen LogP contribution in [0.1, 0.15) is 18.1 Å². The normalized spacial score (nSPS) is 9.62. The minimum atomic E-state index is -0.315. The molecule has 0 atom stereocenters. The zero-order chi connectivity index (χ0) is 12.1. The topological polar surface area (TPSA) is 50.1 Å². The molecule has 0 aliphatic heterocycles. The van der Waals surface area contributed by atoms with E-state index in [4.69, 9.17) is 21.6 Å². The Morgan fingerprint density at radius 2 is 2.31 bits per heavy atom. The van der Waals surface area contributed by atoms with E-state index < -0.39 is 0 Å². The molecule has 0 heterocycles. The first kappa shape index (κ1) is 13.3. The standard InChI is InChI=1S/C11H9ClINO2/c1-2-16-9(15)5-7-3-4-8(6-14)11(13)10(7)12/h3-4H,2,5H2,1H3. The van der Waals surface area contributed by atoms with Crippen molar-refractivity contribution in [2.24, 2.45) is 0 Å². The molecule has 1 aromatic carbocycles. The molecule has 5 heteroatoms. The number of nitriles is 1. The highest BCUT2D eigenvalue weighted by molar-refractivity contribution is 14.1. The molecule has 16 heavy (non-hydrogen) atoms. The molecule has 0 aliphatic rings. The monoisotopic (exact) mass is 349 g/mol. The molecule has 0 spiro atoms. The van der Waals surface area contributed by atoms with E-state index in [9.17, 15) is 4.79 Å². The van der Waals surface area contributed by atoms with Crippen molar-refractivity contribution in [1.82, 2.24) is 0 Å². The van der Waals surface area contributed by atoms with E-state index in [1.807, 2.05) is 28.7 Å². The summed E-state index contributed by atoms with van der Waals surface area (Å²) in [6.45, 7) is 2.10. The summed E-state index contributed by atoms with van der Waals surface area (Å²) in [5, 5.41) is 9.25. The fourth-order valence-corrected chi connectivity index (χ4v) is 2.06. The van der Waals surface area contributed by atoms with Crippen molar-refractivity contribution >= 4 is 40.2 Å². The van der Waals surface area contributed by atoms with Gasteiger partial charge in [0, 0.05) is 3.57 Å². The largest absolute Gasteiger partial charge is 0.466 e. The summed E-state index contributed by atoms with van der Waals surface area (Å²) in [5.41, 5.74) is 1.20. The van der Waals surface area contributed by atoms with Crippen LogP contribution in [0.3, 0.4) is 0 Å². The van der Waals surface area contributed by atoms with Crippen LogP contribution in [0, 0.1) is 14.9 Å². The fraction of sp³-hybridized carbons (Fsp3) is 0.273. The highest BCUT2D eigenvalue weighted by Gasteiger charge is 2.12. The average molecular weight is 350 g/mol. The van der Waals surface area contributed by atoms with E-state index in [0.29, 0.717) is 26.3 Å². The van der Waals surface area contributed by atoms with Crippen LogP contribution in [0.2, 0.25) is 5.02 Å². The average Bonchev–Trinajstić information content (AvgIpc) is 2.25. The summed E-state index contributed by atoms with van der Waals surface area (Å²) in [5.74, 6) is -0.315. The first-order valence-electron chi connectivity index (χ1n) is 4.62. The highest BCUT2D eigenvalue weighted by atomic mass is 127. The predicted octanol–water partition coefficient (Wildman–Crippen LogP) is 2.92. The summed E-state index contributed by atoms with van der Waals surface area (Å²) in [4.78, 5) is 11.3. The molecule has 0 unspecified atom stereocenters. The number of hydrogen-bond donors (Lipinski definition) is 0. The van der Waals surface area contributed by atoms with E-state index in [1.54, 1.807) is 19.1 Å². The smallest absolute Gasteiger partial charge is 0.310 e. The van der Waals surface area contributed by atoms with Crippen LogP contribution in [-0.2, 0) is 16.0 Å². The van der Waals surface area contributed by atoms with Gasteiger partial charge in [0.15, 0.2) is 0 Å². The summed E-state index contributed by atoms with van der Waals surface area (Å²) >= 11 is 8.05. The number of halogens is 2. The van der Waals surface area contributed by atoms with Crippen molar-refractivity contribution in [3.63, 3.8) is 0 Å². The molecule has 84 valence electrons. The molecule has 0 saturated heterocycles. The SMILES string of the molecule is CCOC(=O)Cc1ccc(C#N)c(I)c1Cl. The molecule has 0 radical (unpaired) electrons. The summed E-state index contributed by atoms with van der Waals surface area (Å²) in [6.07, 6.45) is 0.133. The number of nitrogens with zero attached hydrogens (tertiary/aromatic N) is 1. The zero-order valence-corrected chi connectivity index (χ0v) is 11.5. The van der Waals surface area contributed by atoms with Crippen molar-refractivity contribution in [2.75, 3.05) is 6.61 Å². The second kappa shape index (κ2) is 6.06. The summed E-state index contributed by atoms with van der Waals surface area (Å²) in [7, 11) is 0. The van der Waals surface area contributed by atoms with Gasteiger partial charge in [-0.15, -0.1) is 0 Å². The molecule has 1 rings (SSSR count). The molecule has 1 aromatic rings. The number of benzene rings is 1. The molecular weight excluding hydrogens is 340 g/mol. The van der Waals surface area contributed by atoms with Gasteiger partial charge in [-0.25, -0.2) is 0 Å². The number of esters is 1. The predicted molar refractivity (Wildman–Crippen MR) is 69.2 cm³/mol. The Morgan fingerprint density at radius 1 is 1.62 bits per heavy atom. The Labute approximate surface area is 112 Å². The van der Waals surface area contributed by atoms with Crippen LogP contribution < -0.4 is 0 Å². The number of ether oxygens (including phenoxy) is 1. The Bertz CT molecular complexity index is 454. The second-order valence-electron chi connectivity index (χ2n) is 2.99. The minimum Gasteiger partial charge on any atom is -0.466 e. The quantitative estimate of drug-likeness (QED) is 0.623. The molecule has 3 nitrogen and oxygen atoms in total. The van der Waals surface area contributed by atoms with Gasteiger partial charge in [-0.3, -0.25) is 4.79 Å². The van der Waals surface area contributed by atoms with Crippen molar-refractivity contribution in [3.8, 4) is 6.07 Å². The van der Waals surface area contributed by atoms with E-state index in [-0.39, 0.29) is 12.4 Å². The fourth-order valence-electron chi connectivity index (χ4n) is 1.18. The van der Waals surface area contributed by atoms with Gasteiger partial charge in [-0.1, -0.05) is 17.7 Å². The Morgan fingerprint density at radius 3 is 2.88 bits per heavy atom. The van der Waals surface area contributed by atoms with Crippen LogP contribution in [0.25, 0.3) is 0 Å². The van der Waals surface area contributed by atoms with Crippen molar-refractivity contribution in [1.29, 1.82) is 5.26 Å². The lowest BCUT2D eigenvalue weighted by Gasteiger charge is -2.06. The van der Waals surface area contributed by atoms with Gasteiger partial charge in [-0.05, 0) is 41.1 Å². The lowest BCUT2D eigenvalue weighted by atomic mass is 10.1. The lowest BCUT2D eigenvalue weighted by molar-refractivity contribution is -0.142. The van der Waals surface area contributed by atoms with Crippen LogP contribution >= 0.6 is 34.2 Å². The lowest BCUT2D eigenvalue weighted by Crippen LogP contribution is -2.08. The van der Waals surface area contributed by atoms with Gasteiger partial charge in [0.25, 0.3) is 0 Å². The number of carbonyl (C=O) groups is 1. The maximum atomic E-state index is 11.3. The van der Waals surface area contributed by atoms with Crippen molar-refractivity contribution in [3.05, 3.63) is 31.9 Å². The molecular formula is C11H9ClINO2. The van der Waals surface area contributed by atoms with E-state index >= 15 is 0 Å². The molecule has 0 saturated carbocycles. The Hall–Kier alpha value is -0.800. The second-order valence-corrected chi connectivity index (χ2v) is 4.45. The third-order valence-corrected chi connectivity index (χ3v) is 3.79. The number of rotatable bonds is 3. The minimum absolute atomic E-state index is 0.133. The number of hydrogen-bond acceptors (Lipinski definition) is 3. The van der Waals surface area contributed by atoms with Crippen molar-refractivity contribution < 1.29 is 9.53 Å². The number of carbonyl (C=O) groups excluding carboxylic acids is 1. The third-order valence-electron chi connectivity index (χ3n) is 1.92. The Kier molecular flexibility index (Phi) is 5.03. The molecule has 0 bridgehead atoms. The maximum Gasteiger partial charge on any atom is 0.310 e. The maximum absolute atomic E-state index is 11.3. The van der Waals surface area contributed by atoms with Crippen LogP contribution in [0.4, 0.5) is 0 Å². The van der Waals surface area contributed by atoms with Crippen LogP contribution in [-0.4, -0.2) is 12.6 Å². The van der Waals surface area contributed by atoms with E-state index in [2.05, 4.69) is 0 Å². The Balaban J connectivity index is 2.96. The summed E-state index contributed by atoms with van der Waals surface area (Å²) < 4.78 is 5.50. The van der Waals surface area contributed by atoms with Crippen LogP contribution in [0.5, 0.6) is 0 Å². The van der Waals surface area contributed by atoms with E-state index in [1.165, 1.54) is 0 Å².